The third-order valence-corrected chi connectivity index (χ3v) is 20.3. The number of methoxy groups -OCH3 is 1. The lowest BCUT2D eigenvalue weighted by molar-refractivity contribution is -0.203. The molecule has 0 radical (unpaired) electrons. The number of nitrogens with one attached hydrogen (secondary N) is 2. The normalized spacial score (nSPS) is 31.1. The summed E-state index contributed by atoms with van der Waals surface area (Å²) in [5, 5.41) is 8.78. The molecule has 10 aliphatic rings. The van der Waals surface area contributed by atoms with Crippen LogP contribution in [0.4, 0.5) is 0 Å². The predicted octanol–water partition coefficient (Wildman–Crippen LogP) is 7.51. The molecule has 8 bridgehead atoms. The minimum atomic E-state index is -1.04. The van der Waals surface area contributed by atoms with Gasteiger partial charge in [-0.05, 0) is 133 Å². The van der Waals surface area contributed by atoms with Crippen LogP contribution in [-0.4, -0.2) is 163 Å². The largest absolute Gasteiger partial charge is 0.464 e. The highest BCUT2D eigenvalue weighted by molar-refractivity contribution is 7.10. The summed E-state index contributed by atoms with van der Waals surface area (Å²) in [6.45, 7) is 18.6. The van der Waals surface area contributed by atoms with Gasteiger partial charge in [0, 0.05) is 102 Å². The van der Waals surface area contributed by atoms with Crippen LogP contribution in [0.15, 0.2) is 35.8 Å². The van der Waals surface area contributed by atoms with Gasteiger partial charge in [0.05, 0.1) is 67.9 Å². The lowest BCUT2D eigenvalue weighted by Gasteiger charge is -2.58. The van der Waals surface area contributed by atoms with Gasteiger partial charge in [-0.15, -0.1) is 11.3 Å². The number of nitrogens with zero attached hydrogens (tertiary/aromatic N) is 6. The van der Waals surface area contributed by atoms with Gasteiger partial charge in [-0.1, -0.05) is 26.8 Å². The molecule has 2 amide bonds. The summed E-state index contributed by atoms with van der Waals surface area (Å²) in [5.41, 5.74) is 9.89. The van der Waals surface area contributed by atoms with Gasteiger partial charge in [0.25, 0.3) is 11.8 Å². The van der Waals surface area contributed by atoms with Gasteiger partial charge < -0.3 is 43.2 Å². The lowest BCUT2D eigenvalue weighted by Crippen LogP contribution is -2.70. The molecule has 2 aliphatic carbocycles. The Labute approximate surface area is 462 Å². The van der Waals surface area contributed by atoms with Crippen molar-refractivity contribution in [2.24, 2.45) is 16.2 Å². The molecular weight excluding hydrogens is 1010 g/mol. The van der Waals surface area contributed by atoms with Crippen molar-refractivity contribution in [3.05, 3.63) is 57.7 Å². The molecule has 2 saturated carbocycles. The number of hydrogen-bond acceptors (Lipinski definition) is 15. The number of hydrazine groups is 1. The summed E-state index contributed by atoms with van der Waals surface area (Å²) >= 11 is 1.52. The number of amides is 2. The van der Waals surface area contributed by atoms with E-state index in [2.05, 4.69) is 88.6 Å². The third-order valence-electron chi connectivity index (χ3n) is 19.4. The Morgan fingerprint density at radius 2 is 1.74 bits per heavy atom. The number of carbonyl (C=O) groups excluding carboxylic acids is 3. The smallest absolute Gasteiger partial charge is 0.324 e. The molecule has 78 heavy (non-hydrogen) atoms. The molecule has 0 unspecified atom stereocenters. The van der Waals surface area contributed by atoms with Gasteiger partial charge in [0.1, 0.15) is 22.7 Å². The van der Waals surface area contributed by atoms with E-state index in [4.69, 9.17) is 38.4 Å². The fourth-order valence-corrected chi connectivity index (χ4v) is 15.5. The zero-order valence-electron chi connectivity index (χ0n) is 46.6. The maximum absolute atomic E-state index is 15.4. The zero-order valence-corrected chi connectivity index (χ0v) is 47.4. The van der Waals surface area contributed by atoms with Crippen LogP contribution in [0.3, 0.4) is 0 Å². The van der Waals surface area contributed by atoms with Gasteiger partial charge in [-0.2, -0.15) is 0 Å². The summed E-state index contributed by atoms with van der Waals surface area (Å²) in [4.78, 5) is 60.4. The number of hydrogen-bond donors (Lipinski definition) is 2. The first-order valence-corrected chi connectivity index (χ1v) is 30.1. The molecule has 11 heterocycles. The molecule has 18 heteroatoms. The van der Waals surface area contributed by atoms with Crippen LogP contribution < -0.4 is 10.7 Å². The predicted molar refractivity (Wildman–Crippen MR) is 294 cm³/mol. The Morgan fingerprint density at radius 3 is 2.45 bits per heavy atom. The minimum absolute atomic E-state index is 0.0000543. The Balaban J connectivity index is 0.948. The number of cyclic esters (lactones) is 1. The number of aromatic nitrogens is 3. The molecule has 5 atom stereocenters. The number of likely N-dealkylation sites (tertiary alicyclic amines) is 2. The van der Waals surface area contributed by atoms with Crippen LogP contribution in [0.25, 0.3) is 33.4 Å². The van der Waals surface area contributed by atoms with E-state index in [1.807, 2.05) is 6.92 Å². The highest BCUT2D eigenvalue weighted by atomic mass is 32.1. The van der Waals surface area contributed by atoms with Gasteiger partial charge in [-0.25, -0.2) is 10.4 Å². The van der Waals surface area contributed by atoms with Crippen molar-refractivity contribution in [2.75, 3.05) is 79.5 Å². The van der Waals surface area contributed by atoms with E-state index in [-0.39, 0.29) is 47.6 Å². The molecule has 3 aromatic heterocycles. The van der Waals surface area contributed by atoms with E-state index >= 15 is 4.79 Å². The molecule has 17 nitrogen and oxygen atoms in total. The van der Waals surface area contributed by atoms with Gasteiger partial charge in [0.2, 0.25) is 0 Å². The Morgan fingerprint density at radius 1 is 0.962 bits per heavy atom. The number of benzene rings is 1. The third kappa shape index (κ3) is 9.73. The summed E-state index contributed by atoms with van der Waals surface area (Å²) in [6.07, 6.45) is 11.3. The molecular formula is C60H80N8O9S. The number of thiazole rings is 1. The second-order valence-electron chi connectivity index (χ2n) is 25.9. The quantitative estimate of drug-likeness (QED) is 0.134. The standard InChI is InChI=1S/C60H80N8O9S/c1-36(72-6)49-44(25-40(27-61-49)38-13-18-65(19-14-38)41-10-11-41)51-45-26-57(3,4)33-76-55(70)46-8-7-17-68(64-46)54(69)50(63-56(71)60-29-58(5,30-60)37(2)77-60)52(66-31-59(32-66)34-74-35-59)53-62-47(28-78-53)39-9-12-48(43(45)24-39)67(51)20-23-75-42-15-21-73-22-16-42/h9,12,24-25,27-28,36-38,41-42,46,50,52,64H,7-8,10-11,13-23,26,29-35H2,1-6H3,(H,63,71)/t36-,37+,46-,50-,52-,58?,60?/m0/s1. The average Bonchev–Trinajstić information content (AvgIpc) is 4.03. The molecule has 1 aromatic carbocycles. The summed E-state index contributed by atoms with van der Waals surface area (Å²) in [6, 6.07) is 7.45. The fraction of sp³-hybridized carbons (Fsp3) is 0.683. The highest BCUT2D eigenvalue weighted by Gasteiger charge is 2.68. The van der Waals surface area contributed by atoms with Crippen molar-refractivity contribution in [1.29, 1.82) is 0 Å². The van der Waals surface area contributed by atoms with Gasteiger partial charge in [-0.3, -0.25) is 29.3 Å². The van der Waals surface area contributed by atoms with Crippen LogP contribution in [0.1, 0.15) is 139 Å². The lowest BCUT2D eigenvalue weighted by atomic mass is 9.61. The van der Waals surface area contributed by atoms with Crippen LogP contribution in [0, 0.1) is 16.2 Å². The van der Waals surface area contributed by atoms with Crippen molar-refractivity contribution in [2.45, 2.75) is 166 Å². The molecule has 4 aromatic rings. The van der Waals surface area contributed by atoms with Crippen LogP contribution in [0.5, 0.6) is 0 Å². The van der Waals surface area contributed by atoms with Crippen molar-refractivity contribution in [1.82, 2.24) is 40.1 Å². The van der Waals surface area contributed by atoms with E-state index in [1.54, 1.807) is 12.1 Å². The SMILES string of the molecule is CO[C@@H](C)c1ncc(C2CCN(C3CC3)CC2)cc1-c1c2c3cc(ccc3n1CCOC1CCOCC1)-c1csc(n1)[C@@H](N1CC3(COC3)C1)[C@H](NC(=O)C13CC(C)(C1)[C@@H](C)O3)C(=O)N1CCC[C@H](N1)C(=O)OCC(C)(C)C2. The van der Waals surface area contributed by atoms with Gasteiger partial charge in [0.15, 0.2) is 0 Å². The minimum Gasteiger partial charge on any atom is -0.464 e. The van der Waals surface area contributed by atoms with Crippen LogP contribution in [0.2, 0.25) is 0 Å². The van der Waals surface area contributed by atoms with E-state index in [0.717, 1.165) is 94.5 Å². The molecule has 2 N–H and O–H groups in total. The van der Waals surface area contributed by atoms with Crippen molar-refractivity contribution in [3.63, 3.8) is 0 Å². The Hall–Kier alpha value is -4.37. The first kappa shape index (κ1) is 53.0. The Bertz CT molecular complexity index is 2920. The molecule has 7 saturated heterocycles. The number of rotatable bonds is 12. The monoisotopic (exact) mass is 1090 g/mol. The number of pyridine rings is 1. The van der Waals surface area contributed by atoms with E-state index in [1.165, 1.54) is 29.7 Å². The Kier molecular flexibility index (Phi) is 14.0. The first-order chi connectivity index (χ1) is 37.6. The summed E-state index contributed by atoms with van der Waals surface area (Å²) in [7, 11) is 1.76. The molecule has 8 aliphatic heterocycles. The average molecular weight is 1090 g/mol. The highest BCUT2D eigenvalue weighted by Crippen LogP contribution is 2.61. The number of ether oxygens (including phenoxy) is 6. The van der Waals surface area contributed by atoms with E-state index in [0.29, 0.717) is 97.2 Å². The topological polar surface area (TPSA) is 171 Å². The van der Waals surface area contributed by atoms with E-state index in [9.17, 15) is 9.59 Å². The maximum atomic E-state index is 15.4. The number of piperidine rings is 1. The molecule has 14 rings (SSSR count). The zero-order chi connectivity index (χ0) is 53.7. The summed E-state index contributed by atoms with van der Waals surface area (Å²) < 4.78 is 39.6. The molecule has 9 fully saturated rings. The molecule has 420 valence electrons. The maximum Gasteiger partial charge on any atom is 0.324 e. The van der Waals surface area contributed by atoms with Crippen molar-refractivity contribution < 1.29 is 42.8 Å². The second-order valence-corrected chi connectivity index (χ2v) is 26.8. The number of esters is 1. The number of fused-ring (bicyclic) bond motifs is 7. The van der Waals surface area contributed by atoms with Crippen molar-refractivity contribution >= 4 is 40.0 Å². The first-order valence-electron chi connectivity index (χ1n) is 29.2. The fourth-order valence-electron chi connectivity index (χ4n) is 14.5. The van der Waals surface area contributed by atoms with Crippen LogP contribution in [-0.2, 0) is 55.8 Å². The second kappa shape index (κ2) is 20.6. The van der Waals surface area contributed by atoms with Crippen molar-refractivity contribution in [3.8, 4) is 22.5 Å². The van der Waals surface area contributed by atoms with Crippen LogP contribution >= 0.6 is 11.3 Å². The molecule has 1 spiro atoms. The van der Waals surface area contributed by atoms with E-state index < -0.39 is 35.1 Å². The number of carbonyl (C=O) groups is 3. The summed E-state index contributed by atoms with van der Waals surface area (Å²) in [5.74, 6) is -0.610. The van der Waals surface area contributed by atoms with Gasteiger partial charge >= 0.3 is 5.97 Å².